The summed E-state index contributed by atoms with van der Waals surface area (Å²) in [7, 11) is -1.18. The van der Waals surface area contributed by atoms with Crippen LogP contribution in [0.15, 0.2) is 60.2 Å². The molecule has 2 aromatic rings. The molecule has 0 spiro atoms. The number of allylic oxidation sites excluding steroid dienone is 3. The molecule has 0 nitrogen and oxygen atoms in total. The van der Waals surface area contributed by atoms with Crippen LogP contribution in [0.25, 0.3) is 11.6 Å². The molecule has 133 valence electrons. The summed E-state index contributed by atoms with van der Waals surface area (Å²) in [5.41, 5.74) is 9.37. The van der Waals surface area contributed by atoms with Gasteiger partial charge in [-0.1, -0.05) is 0 Å². The molecular formula is C22H23Cl2SiZr. The molecule has 0 radical (unpaired) electrons. The summed E-state index contributed by atoms with van der Waals surface area (Å²) >= 11 is 1.62. The molecule has 0 aliphatic heterocycles. The van der Waals surface area contributed by atoms with Crippen LogP contribution in [-0.4, -0.2) is 8.07 Å². The molecule has 2 aromatic carbocycles. The van der Waals surface area contributed by atoms with Crippen molar-refractivity contribution < 1.29 is 49.5 Å². The van der Waals surface area contributed by atoms with E-state index in [1.807, 2.05) is 0 Å². The fourth-order valence-corrected chi connectivity index (χ4v) is 7.08. The van der Waals surface area contributed by atoms with E-state index in [-0.39, 0.29) is 24.8 Å². The van der Waals surface area contributed by atoms with Crippen molar-refractivity contribution in [3.05, 3.63) is 82.4 Å². The van der Waals surface area contributed by atoms with Crippen molar-refractivity contribution in [2.45, 2.75) is 35.2 Å². The number of fused-ring (bicyclic) bond motifs is 2. The first kappa shape index (κ1) is 21.9. The monoisotopic (exact) mass is 475 g/mol. The maximum absolute atomic E-state index is 2.50. The van der Waals surface area contributed by atoms with Crippen molar-refractivity contribution in [2.75, 3.05) is 0 Å². The van der Waals surface area contributed by atoms with Gasteiger partial charge in [0.1, 0.15) is 0 Å². The second-order valence-electron chi connectivity index (χ2n) is 8.16. The zero-order chi connectivity index (χ0) is 16.9. The van der Waals surface area contributed by atoms with Gasteiger partial charge >= 0.3 is 162 Å². The van der Waals surface area contributed by atoms with E-state index in [0.717, 1.165) is 0 Å². The molecule has 0 saturated carbocycles. The van der Waals surface area contributed by atoms with Crippen molar-refractivity contribution in [1.29, 1.82) is 0 Å². The first-order valence-corrected chi connectivity index (χ1v) is 13.9. The van der Waals surface area contributed by atoms with Gasteiger partial charge in [0, 0.05) is 0 Å². The summed E-state index contributed by atoms with van der Waals surface area (Å²) in [6.07, 6.45) is 4.76. The van der Waals surface area contributed by atoms with E-state index in [1.54, 1.807) is 41.4 Å². The smallest absolute Gasteiger partial charge is 1.00 e. The predicted molar refractivity (Wildman–Crippen MR) is 102 cm³/mol. The number of hydrogen-bond acceptors (Lipinski definition) is 0. The molecule has 4 rings (SSSR count). The minimum Gasteiger partial charge on any atom is -1.00 e. The van der Waals surface area contributed by atoms with Gasteiger partial charge in [-0.15, -0.1) is 0 Å². The van der Waals surface area contributed by atoms with Crippen LogP contribution in [0.5, 0.6) is 0 Å². The van der Waals surface area contributed by atoms with Crippen molar-refractivity contribution >= 4 is 19.7 Å². The van der Waals surface area contributed by atoms with Crippen LogP contribution >= 0.6 is 0 Å². The average molecular weight is 478 g/mol. The minimum absolute atomic E-state index is 0. The number of rotatable bonds is 3. The fraction of sp³-hybridized carbons (Fsp3) is 0.273. The van der Waals surface area contributed by atoms with E-state index in [1.165, 1.54) is 22.7 Å². The Labute approximate surface area is 185 Å². The third-order valence-corrected chi connectivity index (χ3v) is 8.04. The van der Waals surface area contributed by atoms with Crippen LogP contribution in [0.4, 0.5) is 0 Å². The van der Waals surface area contributed by atoms with Crippen LogP contribution in [-0.2, 0) is 24.7 Å². The molecular weight excluding hydrogens is 454 g/mol. The summed E-state index contributed by atoms with van der Waals surface area (Å²) in [6, 6.07) is 19.4. The van der Waals surface area contributed by atoms with Gasteiger partial charge in [-0.2, -0.15) is 0 Å². The second kappa shape index (κ2) is 8.31. The molecule has 4 heteroatoms. The molecule has 2 aliphatic rings. The second-order valence-corrected chi connectivity index (χ2v) is 15.1. The van der Waals surface area contributed by atoms with Gasteiger partial charge in [0.05, 0.1) is 0 Å². The van der Waals surface area contributed by atoms with Gasteiger partial charge in [-0.3, -0.25) is 0 Å². The van der Waals surface area contributed by atoms with Crippen LogP contribution in [0.3, 0.4) is 0 Å². The van der Waals surface area contributed by atoms with Gasteiger partial charge in [-0.25, -0.2) is 0 Å². The summed E-state index contributed by atoms with van der Waals surface area (Å²) in [5.74, 6) is 0.476. The van der Waals surface area contributed by atoms with Gasteiger partial charge in [0.2, 0.25) is 0 Å². The van der Waals surface area contributed by atoms with E-state index in [2.05, 4.69) is 80.3 Å². The molecule has 0 fully saturated rings. The maximum Gasteiger partial charge on any atom is -1.00 e. The summed E-state index contributed by atoms with van der Waals surface area (Å²) < 4.78 is 0.612. The number of hydrogen-bond donors (Lipinski definition) is 0. The molecule has 0 bridgehead atoms. The Morgan fingerprint density at radius 2 is 1.50 bits per heavy atom. The quantitative estimate of drug-likeness (QED) is 0.555. The normalized spacial score (nSPS) is 20.3. The van der Waals surface area contributed by atoms with Crippen molar-refractivity contribution in [3.8, 4) is 0 Å². The van der Waals surface area contributed by atoms with E-state index in [9.17, 15) is 0 Å². The third kappa shape index (κ3) is 3.90. The molecule has 2 aliphatic carbocycles. The van der Waals surface area contributed by atoms with E-state index < -0.39 is 8.07 Å². The van der Waals surface area contributed by atoms with Crippen molar-refractivity contribution in [3.63, 3.8) is 0 Å². The SMILES string of the molecule is C[Si](C)(C)CC1=C(C2C=Cc3ccccc32)[CH]([Zr+2])c2ccccc21.[Cl-].[Cl-]. The standard InChI is InChI=1S/C22H23Si.2ClH.Zr/c1-23(2,3)15-22-19-11-7-5-9-17(19)14-21(22)20-13-12-16-8-4-6-10-18(16)20;;;/h4-14,20H,15H2,1-3H3;2*1H;/q;;;+2/p-2. The van der Waals surface area contributed by atoms with Crippen molar-refractivity contribution in [1.82, 2.24) is 0 Å². The molecule has 0 amide bonds. The molecule has 0 aromatic heterocycles. The number of benzene rings is 2. The summed E-state index contributed by atoms with van der Waals surface area (Å²) in [6.45, 7) is 7.49. The minimum atomic E-state index is -1.18. The molecule has 0 saturated heterocycles. The molecule has 2 unspecified atom stereocenters. The predicted octanol–water partition coefficient (Wildman–Crippen LogP) is 0.199. The van der Waals surface area contributed by atoms with Gasteiger partial charge in [0.15, 0.2) is 0 Å². The van der Waals surface area contributed by atoms with Gasteiger partial charge in [-0.05, 0) is 0 Å². The first-order chi connectivity index (χ1) is 11.5. The van der Waals surface area contributed by atoms with Crippen LogP contribution < -0.4 is 24.8 Å². The fourth-order valence-electron chi connectivity index (χ4n) is 4.14. The number of halogens is 2. The molecule has 0 N–H and O–H groups in total. The summed E-state index contributed by atoms with van der Waals surface area (Å²) in [5, 5.41) is 0. The van der Waals surface area contributed by atoms with Crippen LogP contribution in [0, 0.1) is 0 Å². The maximum atomic E-state index is 2.50. The topological polar surface area (TPSA) is 0 Å². The Morgan fingerprint density at radius 3 is 2.19 bits per heavy atom. The van der Waals surface area contributed by atoms with Gasteiger partial charge < -0.3 is 24.8 Å². The Morgan fingerprint density at radius 1 is 0.885 bits per heavy atom. The Kier molecular flexibility index (Phi) is 7.00. The largest absolute Gasteiger partial charge is 1.00 e. The van der Waals surface area contributed by atoms with E-state index >= 15 is 0 Å². The zero-order valence-electron chi connectivity index (χ0n) is 15.4. The molecule has 26 heavy (non-hydrogen) atoms. The van der Waals surface area contributed by atoms with Crippen LogP contribution in [0.2, 0.25) is 25.7 Å². The zero-order valence-corrected chi connectivity index (χ0v) is 20.4. The average Bonchev–Trinajstić information content (AvgIpc) is 3.07. The Balaban J connectivity index is 0.00000121. The van der Waals surface area contributed by atoms with E-state index in [0.29, 0.717) is 9.54 Å². The van der Waals surface area contributed by atoms with Crippen molar-refractivity contribution in [2.24, 2.45) is 0 Å². The first-order valence-electron chi connectivity index (χ1n) is 8.76. The summed E-state index contributed by atoms with van der Waals surface area (Å²) in [4.78, 5) is 0. The van der Waals surface area contributed by atoms with Crippen LogP contribution in [0.1, 0.15) is 31.8 Å². The molecule has 2 atom stereocenters. The Bertz CT molecular complexity index is 864. The third-order valence-electron chi connectivity index (χ3n) is 5.10. The Hall–Kier alpha value is -0.400. The van der Waals surface area contributed by atoms with E-state index in [4.69, 9.17) is 0 Å². The molecule has 0 heterocycles. The van der Waals surface area contributed by atoms with Gasteiger partial charge in [0.25, 0.3) is 0 Å².